The molecule has 0 unspecified atom stereocenters. The monoisotopic (exact) mass is 154 g/mol. The molecule has 0 aromatic carbocycles. The molecule has 0 saturated heterocycles. The number of carbonyl (C=O) groups is 1. The fraction of sp³-hybridized carbons (Fsp3) is 0.500. The Bertz CT molecular complexity index is 200. The zero-order valence-corrected chi connectivity index (χ0v) is 7.43. The molecular formula is C8H14N2O. The van der Waals surface area contributed by atoms with Crippen LogP contribution in [-0.4, -0.2) is 18.7 Å². The summed E-state index contributed by atoms with van der Waals surface area (Å²) in [5, 5.41) is 2.81. The predicted octanol–water partition coefficient (Wildman–Crippen LogP) is 1.12. The molecule has 1 N–H and O–H groups in total. The van der Waals surface area contributed by atoms with Crippen molar-refractivity contribution in [3.05, 3.63) is 11.8 Å². The topological polar surface area (TPSA) is 41.5 Å². The fourth-order valence-electron chi connectivity index (χ4n) is 0.536. The van der Waals surface area contributed by atoms with E-state index in [1.165, 1.54) is 6.92 Å². The summed E-state index contributed by atoms with van der Waals surface area (Å²) < 4.78 is 0. The second-order valence-electron chi connectivity index (χ2n) is 2.49. The third-order valence-electron chi connectivity index (χ3n) is 1.05. The maximum absolute atomic E-state index is 10.8. The van der Waals surface area contributed by atoms with E-state index in [9.17, 15) is 4.79 Å². The number of nitrogens with one attached hydrogen (secondary N) is 1. The van der Waals surface area contributed by atoms with E-state index in [-0.39, 0.29) is 5.78 Å². The highest BCUT2D eigenvalue weighted by molar-refractivity contribution is 6.38. The minimum absolute atomic E-state index is 0.0509. The van der Waals surface area contributed by atoms with Crippen LogP contribution in [0.5, 0.6) is 0 Å². The molecule has 0 aromatic rings. The molecule has 3 nitrogen and oxygen atoms in total. The summed E-state index contributed by atoms with van der Waals surface area (Å²) in [6, 6.07) is 0. The number of hydrogen-bond acceptors (Lipinski definition) is 2. The summed E-state index contributed by atoms with van der Waals surface area (Å²) in [4.78, 5) is 14.5. The molecule has 0 amide bonds. The number of carbonyl (C=O) groups excluding carboxylic acids is 1. The maximum Gasteiger partial charge on any atom is 0.194 e. The first-order valence-corrected chi connectivity index (χ1v) is 3.45. The van der Waals surface area contributed by atoms with E-state index < -0.39 is 0 Å². The Morgan fingerprint density at radius 1 is 1.36 bits per heavy atom. The van der Waals surface area contributed by atoms with Gasteiger partial charge in [0.1, 0.15) is 0 Å². The number of nitrogens with zero attached hydrogens (tertiary/aromatic N) is 1. The van der Waals surface area contributed by atoms with Crippen molar-refractivity contribution in [3.8, 4) is 0 Å². The Morgan fingerprint density at radius 3 is 2.18 bits per heavy atom. The van der Waals surface area contributed by atoms with Gasteiger partial charge in [0.2, 0.25) is 0 Å². The van der Waals surface area contributed by atoms with Crippen LogP contribution in [0.4, 0.5) is 0 Å². The van der Waals surface area contributed by atoms with Gasteiger partial charge >= 0.3 is 0 Å². The second kappa shape index (κ2) is 4.66. The number of Topliss-reactive ketones (excluding diaryl/α,β-unsaturated/α-hetero) is 1. The zero-order valence-electron chi connectivity index (χ0n) is 7.43. The zero-order chi connectivity index (χ0) is 8.85. The molecule has 0 aliphatic rings. The van der Waals surface area contributed by atoms with Crippen molar-refractivity contribution in [1.82, 2.24) is 5.32 Å². The Kier molecular flexibility index (Phi) is 4.18. The maximum atomic E-state index is 10.8. The number of ketones is 1. The fourth-order valence-corrected chi connectivity index (χ4v) is 0.536. The van der Waals surface area contributed by atoms with Crippen LogP contribution in [0.25, 0.3) is 0 Å². The van der Waals surface area contributed by atoms with Crippen LogP contribution in [0.2, 0.25) is 0 Å². The van der Waals surface area contributed by atoms with Gasteiger partial charge in [-0.25, -0.2) is 0 Å². The lowest BCUT2D eigenvalue weighted by Gasteiger charge is -1.99. The van der Waals surface area contributed by atoms with Crippen LogP contribution in [0.15, 0.2) is 16.8 Å². The van der Waals surface area contributed by atoms with Gasteiger partial charge in [-0.1, -0.05) is 5.57 Å². The third kappa shape index (κ3) is 4.31. The molecule has 11 heavy (non-hydrogen) atoms. The molecule has 0 atom stereocenters. The van der Waals surface area contributed by atoms with E-state index in [2.05, 4.69) is 10.3 Å². The quantitative estimate of drug-likeness (QED) is 0.478. The van der Waals surface area contributed by atoms with Crippen LogP contribution in [0, 0.1) is 0 Å². The summed E-state index contributed by atoms with van der Waals surface area (Å²) >= 11 is 0. The average molecular weight is 154 g/mol. The standard InChI is InChI=1S/C8H14N2O/c1-6(2)5-10-8(9-4)7(3)11/h5H,1-4H3,(H,9,10). The summed E-state index contributed by atoms with van der Waals surface area (Å²) in [5.74, 6) is 0.344. The molecule has 0 aliphatic heterocycles. The van der Waals surface area contributed by atoms with E-state index in [0.717, 1.165) is 5.57 Å². The number of amidine groups is 1. The molecule has 0 spiro atoms. The van der Waals surface area contributed by atoms with Gasteiger partial charge in [-0.2, -0.15) is 0 Å². The summed E-state index contributed by atoms with van der Waals surface area (Å²) in [6.45, 7) is 5.37. The number of allylic oxidation sites excluding steroid dienone is 1. The van der Waals surface area contributed by atoms with Crippen LogP contribution >= 0.6 is 0 Å². The number of aliphatic imine (C=N–C) groups is 1. The molecule has 3 heteroatoms. The van der Waals surface area contributed by atoms with Crippen molar-refractivity contribution >= 4 is 11.6 Å². The normalized spacial score (nSPS) is 10.7. The lowest BCUT2D eigenvalue weighted by atomic mass is 10.3. The van der Waals surface area contributed by atoms with Gasteiger partial charge in [0, 0.05) is 20.2 Å². The van der Waals surface area contributed by atoms with E-state index in [1.807, 2.05) is 13.8 Å². The van der Waals surface area contributed by atoms with Gasteiger partial charge in [-0.05, 0) is 13.8 Å². The Labute approximate surface area is 67.2 Å². The SMILES string of the molecule is CN=C(NC=C(C)C)C(C)=O. The van der Waals surface area contributed by atoms with Crippen molar-refractivity contribution in [3.63, 3.8) is 0 Å². The lowest BCUT2D eigenvalue weighted by Crippen LogP contribution is -2.24. The number of hydrogen-bond donors (Lipinski definition) is 1. The van der Waals surface area contributed by atoms with Gasteiger partial charge in [0.15, 0.2) is 11.6 Å². The van der Waals surface area contributed by atoms with Crippen molar-refractivity contribution in [2.45, 2.75) is 20.8 Å². The molecule has 0 aliphatic carbocycles. The van der Waals surface area contributed by atoms with Crippen LogP contribution in [-0.2, 0) is 4.79 Å². The first-order valence-electron chi connectivity index (χ1n) is 3.45. The summed E-state index contributed by atoms with van der Waals surface area (Å²) in [5.41, 5.74) is 1.10. The smallest absolute Gasteiger partial charge is 0.194 e. The lowest BCUT2D eigenvalue weighted by molar-refractivity contribution is -0.111. The number of rotatable bonds is 2. The van der Waals surface area contributed by atoms with Crippen LogP contribution in [0.1, 0.15) is 20.8 Å². The highest BCUT2D eigenvalue weighted by atomic mass is 16.1. The van der Waals surface area contributed by atoms with Crippen LogP contribution in [0.3, 0.4) is 0 Å². The van der Waals surface area contributed by atoms with Crippen LogP contribution < -0.4 is 5.32 Å². The first kappa shape index (κ1) is 9.88. The van der Waals surface area contributed by atoms with E-state index in [4.69, 9.17) is 0 Å². The van der Waals surface area contributed by atoms with E-state index >= 15 is 0 Å². The van der Waals surface area contributed by atoms with E-state index in [0.29, 0.717) is 5.84 Å². The molecule has 62 valence electrons. The Morgan fingerprint density at radius 2 is 1.91 bits per heavy atom. The minimum Gasteiger partial charge on any atom is -0.344 e. The predicted molar refractivity (Wildman–Crippen MR) is 46.6 cm³/mol. The second-order valence-corrected chi connectivity index (χ2v) is 2.49. The van der Waals surface area contributed by atoms with E-state index in [1.54, 1.807) is 13.2 Å². The summed E-state index contributed by atoms with van der Waals surface area (Å²) in [6.07, 6.45) is 1.75. The highest BCUT2D eigenvalue weighted by Crippen LogP contribution is 1.85. The van der Waals surface area contributed by atoms with Crippen molar-refractivity contribution in [2.75, 3.05) is 7.05 Å². The Balaban J connectivity index is 4.13. The molecule has 0 rings (SSSR count). The third-order valence-corrected chi connectivity index (χ3v) is 1.05. The minimum atomic E-state index is -0.0509. The first-order chi connectivity index (χ1) is 5.07. The molecule has 0 heterocycles. The molecule has 0 radical (unpaired) electrons. The van der Waals surface area contributed by atoms with Gasteiger partial charge < -0.3 is 5.32 Å². The van der Waals surface area contributed by atoms with Gasteiger partial charge in [-0.3, -0.25) is 9.79 Å². The molecule has 0 saturated carbocycles. The highest BCUT2D eigenvalue weighted by Gasteiger charge is 1.99. The van der Waals surface area contributed by atoms with Gasteiger partial charge in [0.25, 0.3) is 0 Å². The van der Waals surface area contributed by atoms with Gasteiger partial charge in [-0.15, -0.1) is 0 Å². The summed E-state index contributed by atoms with van der Waals surface area (Å²) in [7, 11) is 1.59. The van der Waals surface area contributed by atoms with Gasteiger partial charge in [0.05, 0.1) is 0 Å². The average Bonchev–Trinajstić information content (AvgIpc) is 1.87. The molecular weight excluding hydrogens is 140 g/mol. The molecule has 0 fully saturated rings. The van der Waals surface area contributed by atoms with Crippen molar-refractivity contribution < 1.29 is 4.79 Å². The Hall–Kier alpha value is -1.12. The van der Waals surface area contributed by atoms with Crippen molar-refractivity contribution in [2.24, 2.45) is 4.99 Å². The van der Waals surface area contributed by atoms with Crippen molar-refractivity contribution in [1.29, 1.82) is 0 Å². The molecule has 0 aromatic heterocycles. The largest absolute Gasteiger partial charge is 0.344 e. The molecule has 0 bridgehead atoms.